The molecule has 2 saturated carbocycles. The third-order valence-electron chi connectivity index (χ3n) is 6.61. The number of carbonyl (C=O) groups is 3. The minimum absolute atomic E-state index is 0.00922. The Bertz CT molecular complexity index is 1060. The van der Waals surface area contributed by atoms with Gasteiger partial charge in [0.2, 0.25) is 12.5 Å². The van der Waals surface area contributed by atoms with Crippen molar-refractivity contribution < 1.29 is 29.4 Å². The first-order chi connectivity index (χ1) is 16.9. The number of anilines is 1. The zero-order valence-corrected chi connectivity index (χ0v) is 22.3. The third kappa shape index (κ3) is 7.57. The summed E-state index contributed by atoms with van der Waals surface area (Å²) >= 11 is 1.11. The summed E-state index contributed by atoms with van der Waals surface area (Å²) in [7, 11) is 0. The van der Waals surface area contributed by atoms with E-state index in [1.807, 2.05) is 20.8 Å². The van der Waals surface area contributed by atoms with E-state index in [-0.39, 0.29) is 28.2 Å². The van der Waals surface area contributed by atoms with Crippen LogP contribution >= 0.6 is 11.3 Å². The summed E-state index contributed by atoms with van der Waals surface area (Å²) in [6.45, 7) is 7.69. The highest BCUT2D eigenvalue weighted by Crippen LogP contribution is 2.38. The average molecular weight is 517 g/mol. The van der Waals surface area contributed by atoms with Crippen LogP contribution in [-0.4, -0.2) is 46.4 Å². The van der Waals surface area contributed by atoms with Gasteiger partial charge in [0.15, 0.2) is 0 Å². The van der Waals surface area contributed by atoms with Crippen molar-refractivity contribution in [1.82, 2.24) is 0 Å². The Balaban J connectivity index is 1.92. The second kappa shape index (κ2) is 11.9. The number of hydrogen-bond acceptors (Lipinski definition) is 6. The molecule has 2 aliphatic carbocycles. The molecular weight excluding hydrogens is 480 g/mol. The summed E-state index contributed by atoms with van der Waals surface area (Å²) in [4.78, 5) is 44.2. The van der Waals surface area contributed by atoms with Gasteiger partial charge in [-0.1, -0.05) is 23.9 Å². The van der Waals surface area contributed by atoms with Gasteiger partial charge in [-0.15, -0.1) is 11.3 Å². The van der Waals surface area contributed by atoms with E-state index in [4.69, 9.17) is 9.94 Å². The molecule has 2 aliphatic rings. The minimum Gasteiger partial charge on any atom is -0.479 e. The Labute approximate surface area is 216 Å². The molecule has 1 heterocycles. The first-order valence-electron chi connectivity index (χ1n) is 12.6. The molecule has 0 atom stereocenters. The predicted molar refractivity (Wildman–Crippen MR) is 139 cm³/mol. The molecule has 9 heteroatoms. The van der Waals surface area contributed by atoms with Crippen molar-refractivity contribution in [2.75, 3.05) is 11.5 Å². The van der Waals surface area contributed by atoms with E-state index in [1.54, 1.807) is 11.0 Å². The van der Waals surface area contributed by atoms with Gasteiger partial charge in [0.1, 0.15) is 4.88 Å². The molecule has 1 aromatic heterocycles. The van der Waals surface area contributed by atoms with E-state index in [2.05, 4.69) is 23.9 Å². The van der Waals surface area contributed by atoms with Crippen molar-refractivity contribution in [3.05, 3.63) is 15.8 Å². The number of carboxylic acids is 2. The number of thiophene rings is 1. The van der Waals surface area contributed by atoms with Crippen LogP contribution in [0.3, 0.4) is 0 Å². The lowest BCUT2D eigenvalue weighted by atomic mass is 9.81. The van der Waals surface area contributed by atoms with Gasteiger partial charge in [-0.25, -0.2) is 9.59 Å². The van der Waals surface area contributed by atoms with Crippen molar-refractivity contribution in [2.45, 2.75) is 85.1 Å². The summed E-state index contributed by atoms with van der Waals surface area (Å²) < 4.78 is 0. The van der Waals surface area contributed by atoms with Crippen molar-refractivity contribution in [1.29, 1.82) is 0 Å². The molecule has 2 N–H and O–H groups in total. The number of oxime groups is 1. The van der Waals surface area contributed by atoms with Gasteiger partial charge in [0.05, 0.1) is 16.3 Å². The Kier molecular flexibility index (Phi) is 9.18. The third-order valence-corrected chi connectivity index (χ3v) is 7.64. The lowest BCUT2D eigenvalue weighted by molar-refractivity contribution is -0.142. The maximum Gasteiger partial charge on any atom is 0.348 e. The van der Waals surface area contributed by atoms with Crippen molar-refractivity contribution in [2.24, 2.45) is 22.4 Å². The standard InChI is InChI=1S/C27H36N2O6S/c1-17-5-7-18(8-6-17)25(32)29(20-11-9-19(10-12-20)28-35-16-23(30)31)22-15-21(13-14-27(2,3)4)36-24(22)26(33)34/h15,17-18,20H,5-12,16H2,1-4H3,(H,30,31)(H,33,34). The van der Waals surface area contributed by atoms with Crippen LogP contribution in [0.4, 0.5) is 5.69 Å². The van der Waals surface area contributed by atoms with Crippen LogP contribution in [0, 0.1) is 29.1 Å². The molecule has 2 fully saturated rings. The lowest BCUT2D eigenvalue weighted by Gasteiger charge is -2.38. The van der Waals surface area contributed by atoms with E-state index in [0.29, 0.717) is 42.2 Å². The van der Waals surface area contributed by atoms with E-state index < -0.39 is 18.5 Å². The number of nitrogens with zero attached hydrogens (tertiary/aromatic N) is 2. The SMILES string of the molecule is CC1CCC(C(=O)N(c2cc(C#CC(C)(C)C)sc2C(=O)O)C2CCC(=NOCC(=O)O)CC2)CC1. The van der Waals surface area contributed by atoms with Gasteiger partial charge in [-0.05, 0) is 84.1 Å². The predicted octanol–water partition coefficient (Wildman–Crippen LogP) is 5.40. The molecule has 0 spiro atoms. The Morgan fingerprint density at radius 1 is 1.11 bits per heavy atom. The molecule has 0 radical (unpaired) electrons. The van der Waals surface area contributed by atoms with Crippen molar-refractivity contribution in [3.63, 3.8) is 0 Å². The molecule has 0 unspecified atom stereocenters. The van der Waals surface area contributed by atoms with E-state index >= 15 is 0 Å². The van der Waals surface area contributed by atoms with Gasteiger partial charge in [0.25, 0.3) is 0 Å². The fourth-order valence-electron chi connectivity index (χ4n) is 4.69. The molecule has 3 rings (SSSR count). The molecular formula is C27H36N2O6S. The average Bonchev–Trinajstić information content (AvgIpc) is 3.23. The second-order valence-electron chi connectivity index (χ2n) is 10.9. The zero-order valence-electron chi connectivity index (χ0n) is 21.5. The molecule has 8 nitrogen and oxygen atoms in total. The highest BCUT2D eigenvalue weighted by atomic mass is 32.1. The molecule has 0 bridgehead atoms. The Hall–Kier alpha value is -2.86. The van der Waals surface area contributed by atoms with Crippen molar-refractivity contribution >= 4 is 40.6 Å². The van der Waals surface area contributed by atoms with Crippen LogP contribution in [0.1, 0.15) is 93.6 Å². The lowest BCUT2D eigenvalue weighted by Crippen LogP contribution is -2.46. The normalized spacial score (nSPS) is 22.2. The summed E-state index contributed by atoms with van der Waals surface area (Å²) in [5, 5.41) is 22.7. The molecule has 0 aliphatic heterocycles. The molecule has 0 saturated heterocycles. The topological polar surface area (TPSA) is 117 Å². The van der Waals surface area contributed by atoms with Gasteiger partial charge in [0, 0.05) is 17.4 Å². The fourth-order valence-corrected chi connectivity index (χ4v) is 5.53. The summed E-state index contributed by atoms with van der Waals surface area (Å²) in [5.74, 6) is 4.58. The van der Waals surface area contributed by atoms with Crippen LogP contribution in [0.5, 0.6) is 0 Å². The second-order valence-corrected chi connectivity index (χ2v) is 11.9. The first-order valence-corrected chi connectivity index (χ1v) is 13.4. The number of carbonyl (C=O) groups excluding carboxylic acids is 1. The molecule has 36 heavy (non-hydrogen) atoms. The zero-order chi connectivity index (χ0) is 26.5. The van der Waals surface area contributed by atoms with Crippen molar-refractivity contribution in [3.8, 4) is 11.8 Å². The largest absolute Gasteiger partial charge is 0.479 e. The fraction of sp³-hybridized carbons (Fsp3) is 0.630. The first kappa shape index (κ1) is 27.7. The maximum atomic E-state index is 13.9. The highest BCUT2D eigenvalue weighted by molar-refractivity contribution is 7.15. The molecule has 0 aromatic carbocycles. The van der Waals surface area contributed by atoms with Gasteiger partial charge >= 0.3 is 11.9 Å². The summed E-state index contributed by atoms with van der Waals surface area (Å²) in [6, 6.07) is 1.59. The monoisotopic (exact) mass is 516 g/mol. The van der Waals surface area contributed by atoms with Crippen LogP contribution in [0.2, 0.25) is 0 Å². The number of aromatic carboxylic acids is 1. The quantitative estimate of drug-likeness (QED) is 0.370. The van der Waals surface area contributed by atoms with Crippen LogP contribution in [-0.2, 0) is 14.4 Å². The van der Waals surface area contributed by atoms with E-state index in [9.17, 15) is 19.5 Å². The number of aliphatic carboxylic acids is 1. The molecule has 196 valence electrons. The number of rotatable bonds is 7. The number of hydrogen-bond donors (Lipinski definition) is 2. The van der Waals surface area contributed by atoms with Gasteiger partial charge < -0.3 is 20.0 Å². The van der Waals surface area contributed by atoms with Crippen LogP contribution in [0.25, 0.3) is 0 Å². The van der Waals surface area contributed by atoms with Gasteiger partial charge in [-0.2, -0.15) is 0 Å². The maximum absolute atomic E-state index is 13.9. The van der Waals surface area contributed by atoms with E-state index in [0.717, 1.165) is 42.7 Å². The number of carboxylic acid groups (broad SMARTS) is 2. The highest BCUT2D eigenvalue weighted by Gasteiger charge is 2.37. The summed E-state index contributed by atoms with van der Waals surface area (Å²) in [6.07, 6.45) is 5.90. The summed E-state index contributed by atoms with van der Waals surface area (Å²) in [5.41, 5.74) is 0.956. The number of amides is 1. The molecule has 1 amide bonds. The molecule has 1 aromatic rings. The minimum atomic E-state index is -1.09. The van der Waals surface area contributed by atoms with Crippen LogP contribution in [0.15, 0.2) is 11.2 Å². The Morgan fingerprint density at radius 3 is 2.31 bits per heavy atom. The van der Waals surface area contributed by atoms with E-state index in [1.165, 1.54) is 0 Å². The van der Waals surface area contributed by atoms with Crippen LogP contribution < -0.4 is 4.90 Å². The Morgan fingerprint density at radius 2 is 1.75 bits per heavy atom. The van der Waals surface area contributed by atoms with Gasteiger partial charge in [-0.3, -0.25) is 4.79 Å². The smallest absolute Gasteiger partial charge is 0.348 e.